The Bertz CT molecular complexity index is 47.0. The minimum absolute atomic E-state index is 0.456. The quantitative estimate of drug-likeness (QED) is 0.385. The monoisotopic (exact) mass is 105 g/mol. The Morgan fingerprint density at radius 1 is 1.71 bits per heavy atom. The first-order chi connectivity index (χ1) is 3.18. The van der Waals surface area contributed by atoms with E-state index in [0.29, 0.717) is 6.54 Å². The molecule has 0 saturated carbocycles. The van der Waals surface area contributed by atoms with E-state index < -0.39 is 6.23 Å². The van der Waals surface area contributed by atoms with Gasteiger partial charge in [0.2, 0.25) is 0 Å². The van der Waals surface area contributed by atoms with Crippen LogP contribution >= 0.6 is 0 Å². The lowest BCUT2D eigenvalue weighted by Gasteiger charge is -2.13. The van der Waals surface area contributed by atoms with Crippen LogP contribution in [0.25, 0.3) is 0 Å². The largest absolute Gasteiger partial charge is 0.377 e. The first kappa shape index (κ1) is 6.88. The van der Waals surface area contributed by atoms with Crippen LogP contribution in [0.15, 0.2) is 0 Å². The van der Waals surface area contributed by atoms with Crippen molar-refractivity contribution in [2.24, 2.45) is 0 Å². The maximum absolute atomic E-state index is 8.52. The van der Waals surface area contributed by atoms with E-state index in [4.69, 9.17) is 10.3 Å². The highest BCUT2D eigenvalue weighted by Gasteiger charge is 2.00. The second-order valence-electron chi connectivity index (χ2n) is 1.39. The SMILES string of the molecule is CCN(O)C(C)O. The fourth-order valence-corrected chi connectivity index (χ4v) is 0.264. The standard InChI is InChI=1S/C4H11NO2/c1-3-5(7)4(2)6/h4,6-7H,3H2,1-2H3. The number of hydrogen-bond acceptors (Lipinski definition) is 3. The van der Waals surface area contributed by atoms with Crippen molar-refractivity contribution in [2.75, 3.05) is 6.54 Å². The number of nitrogens with zero attached hydrogens (tertiary/aromatic N) is 1. The molecule has 3 heteroatoms. The summed E-state index contributed by atoms with van der Waals surface area (Å²) in [5.41, 5.74) is 0. The Kier molecular flexibility index (Phi) is 2.91. The highest BCUT2D eigenvalue weighted by Crippen LogP contribution is 1.85. The van der Waals surface area contributed by atoms with E-state index >= 15 is 0 Å². The molecule has 0 aromatic carbocycles. The van der Waals surface area contributed by atoms with E-state index in [2.05, 4.69) is 0 Å². The average Bonchev–Trinajstić information content (AvgIpc) is 1.65. The zero-order valence-electron chi connectivity index (χ0n) is 4.63. The molecule has 0 aliphatic heterocycles. The van der Waals surface area contributed by atoms with Crippen LogP contribution < -0.4 is 0 Å². The normalized spacial score (nSPS) is 15.0. The van der Waals surface area contributed by atoms with Crippen molar-refractivity contribution in [3.8, 4) is 0 Å². The molecule has 0 amide bonds. The van der Waals surface area contributed by atoms with Crippen molar-refractivity contribution in [2.45, 2.75) is 20.1 Å². The van der Waals surface area contributed by atoms with Gasteiger partial charge in [-0.25, -0.2) is 0 Å². The van der Waals surface area contributed by atoms with E-state index in [0.717, 1.165) is 5.06 Å². The van der Waals surface area contributed by atoms with Crippen LogP contribution in [0.4, 0.5) is 0 Å². The Hall–Kier alpha value is -0.120. The van der Waals surface area contributed by atoms with Gasteiger partial charge >= 0.3 is 0 Å². The van der Waals surface area contributed by atoms with E-state index in [9.17, 15) is 0 Å². The van der Waals surface area contributed by atoms with Crippen molar-refractivity contribution >= 4 is 0 Å². The summed E-state index contributed by atoms with van der Waals surface area (Å²) in [4.78, 5) is 0. The summed E-state index contributed by atoms with van der Waals surface area (Å²) in [6, 6.07) is 0. The average molecular weight is 105 g/mol. The molecule has 3 nitrogen and oxygen atoms in total. The summed E-state index contributed by atoms with van der Waals surface area (Å²) in [6.45, 7) is 3.72. The molecular weight excluding hydrogens is 94.0 g/mol. The highest BCUT2D eigenvalue weighted by atomic mass is 16.5. The Morgan fingerprint density at radius 2 is 2.14 bits per heavy atom. The Balaban J connectivity index is 3.14. The third kappa shape index (κ3) is 2.56. The van der Waals surface area contributed by atoms with Gasteiger partial charge < -0.3 is 10.3 Å². The molecule has 0 saturated heterocycles. The third-order valence-corrected chi connectivity index (χ3v) is 0.755. The van der Waals surface area contributed by atoms with Crippen molar-refractivity contribution in [1.82, 2.24) is 5.06 Å². The van der Waals surface area contributed by atoms with Crippen molar-refractivity contribution in [3.05, 3.63) is 0 Å². The van der Waals surface area contributed by atoms with Crippen LogP contribution in [0.5, 0.6) is 0 Å². The van der Waals surface area contributed by atoms with Crippen LogP contribution in [0, 0.1) is 0 Å². The van der Waals surface area contributed by atoms with Gasteiger partial charge in [-0.1, -0.05) is 0 Å². The van der Waals surface area contributed by atoms with Gasteiger partial charge in [0.25, 0.3) is 0 Å². The zero-order chi connectivity index (χ0) is 5.86. The highest BCUT2D eigenvalue weighted by molar-refractivity contribution is 4.35. The zero-order valence-corrected chi connectivity index (χ0v) is 4.63. The molecule has 0 radical (unpaired) electrons. The fourth-order valence-electron chi connectivity index (χ4n) is 0.264. The van der Waals surface area contributed by atoms with Crippen LogP contribution in [-0.4, -0.2) is 28.1 Å². The topological polar surface area (TPSA) is 43.7 Å². The second kappa shape index (κ2) is 2.96. The summed E-state index contributed by atoms with van der Waals surface area (Å²) in [5, 5.41) is 17.9. The molecule has 0 spiro atoms. The minimum atomic E-state index is -0.745. The first-order valence-corrected chi connectivity index (χ1v) is 2.32. The molecule has 0 bridgehead atoms. The third-order valence-electron chi connectivity index (χ3n) is 0.755. The van der Waals surface area contributed by atoms with Crippen molar-refractivity contribution < 1.29 is 10.3 Å². The molecule has 0 fully saturated rings. The molecule has 7 heavy (non-hydrogen) atoms. The van der Waals surface area contributed by atoms with Crippen LogP contribution in [-0.2, 0) is 0 Å². The summed E-state index contributed by atoms with van der Waals surface area (Å²) in [7, 11) is 0. The van der Waals surface area contributed by atoms with Crippen LogP contribution in [0.2, 0.25) is 0 Å². The molecule has 0 aliphatic rings. The Labute approximate surface area is 43.1 Å². The number of aliphatic hydroxyl groups excluding tert-OH is 1. The van der Waals surface area contributed by atoms with E-state index in [1.165, 1.54) is 6.92 Å². The Morgan fingerprint density at radius 3 is 2.14 bits per heavy atom. The van der Waals surface area contributed by atoms with E-state index in [-0.39, 0.29) is 0 Å². The summed E-state index contributed by atoms with van der Waals surface area (Å²) < 4.78 is 0. The molecule has 0 rings (SSSR count). The molecule has 1 atom stereocenters. The van der Waals surface area contributed by atoms with Gasteiger partial charge in [0.05, 0.1) is 0 Å². The molecule has 0 aliphatic carbocycles. The van der Waals surface area contributed by atoms with Crippen LogP contribution in [0.1, 0.15) is 13.8 Å². The summed E-state index contributed by atoms with van der Waals surface area (Å²) in [6.07, 6.45) is -0.745. The van der Waals surface area contributed by atoms with Gasteiger partial charge in [0, 0.05) is 6.54 Å². The number of hydrogen-bond donors (Lipinski definition) is 2. The van der Waals surface area contributed by atoms with Crippen LogP contribution in [0.3, 0.4) is 0 Å². The van der Waals surface area contributed by atoms with Gasteiger partial charge in [-0.05, 0) is 13.8 Å². The van der Waals surface area contributed by atoms with Gasteiger partial charge in [0.1, 0.15) is 6.23 Å². The van der Waals surface area contributed by atoms with Gasteiger partial charge in [-0.3, -0.25) is 0 Å². The predicted molar refractivity (Wildman–Crippen MR) is 25.8 cm³/mol. The lowest BCUT2D eigenvalue weighted by molar-refractivity contribution is -0.185. The minimum Gasteiger partial charge on any atom is -0.377 e. The van der Waals surface area contributed by atoms with Gasteiger partial charge in [0.15, 0.2) is 0 Å². The molecule has 0 aromatic heterocycles. The lowest BCUT2D eigenvalue weighted by Crippen LogP contribution is -2.28. The summed E-state index contributed by atoms with van der Waals surface area (Å²) >= 11 is 0. The molecular formula is C4H11NO2. The molecule has 1 unspecified atom stereocenters. The number of rotatable bonds is 2. The predicted octanol–water partition coefficient (Wildman–Crippen LogP) is 0.0358. The molecule has 0 heterocycles. The second-order valence-corrected chi connectivity index (χ2v) is 1.39. The summed E-state index contributed by atoms with van der Waals surface area (Å²) in [5.74, 6) is 0. The lowest BCUT2D eigenvalue weighted by atomic mass is 10.6. The smallest absolute Gasteiger partial charge is 0.126 e. The maximum Gasteiger partial charge on any atom is 0.126 e. The van der Waals surface area contributed by atoms with E-state index in [1.807, 2.05) is 0 Å². The molecule has 2 N–H and O–H groups in total. The molecule has 44 valence electrons. The molecule has 0 aromatic rings. The first-order valence-electron chi connectivity index (χ1n) is 2.32. The van der Waals surface area contributed by atoms with Crippen molar-refractivity contribution in [3.63, 3.8) is 0 Å². The van der Waals surface area contributed by atoms with Gasteiger partial charge in [-0.2, -0.15) is 5.06 Å². The number of aliphatic hydroxyl groups is 1. The number of hydroxylamine groups is 2. The van der Waals surface area contributed by atoms with Crippen molar-refractivity contribution in [1.29, 1.82) is 0 Å². The fraction of sp³-hybridized carbons (Fsp3) is 1.00. The van der Waals surface area contributed by atoms with Gasteiger partial charge in [-0.15, -0.1) is 0 Å². The van der Waals surface area contributed by atoms with E-state index in [1.54, 1.807) is 6.92 Å². The maximum atomic E-state index is 8.52.